The summed E-state index contributed by atoms with van der Waals surface area (Å²) >= 11 is 0. The summed E-state index contributed by atoms with van der Waals surface area (Å²) in [6, 6.07) is 12.5. The Kier molecular flexibility index (Phi) is 5.16. The largest absolute Gasteiger partial charge is 0.356 e. The molecule has 0 saturated carbocycles. The number of benzene rings is 1. The monoisotopic (exact) mass is 354 g/mol. The van der Waals surface area contributed by atoms with Crippen LogP contribution in [0.5, 0.6) is 0 Å². The van der Waals surface area contributed by atoms with Crippen molar-refractivity contribution in [2.45, 2.75) is 25.8 Å². The molecule has 0 spiro atoms. The number of hydrogen-bond acceptors (Lipinski definition) is 3. The zero-order chi connectivity index (χ0) is 18.6. The normalized spacial score (nSPS) is 12.4. The lowest BCUT2D eigenvalue weighted by molar-refractivity contribution is 0.503. The highest BCUT2D eigenvalue weighted by atomic mass is 19.1. The number of hydrogen-bond donors (Lipinski definition) is 2. The Labute approximate surface area is 152 Å². The van der Waals surface area contributed by atoms with Gasteiger partial charge in [-0.25, -0.2) is 4.39 Å². The number of nitrogens with one attached hydrogen (secondary N) is 2. The van der Waals surface area contributed by atoms with Crippen molar-refractivity contribution < 1.29 is 4.39 Å². The van der Waals surface area contributed by atoms with Gasteiger partial charge in [0, 0.05) is 25.2 Å². The lowest BCUT2D eigenvalue weighted by Gasteiger charge is -2.26. The van der Waals surface area contributed by atoms with Crippen molar-refractivity contribution in [1.82, 2.24) is 25.2 Å². The number of rotatable bonds is 5. The van der Waals surface area contributed by atoms with Gasteiger partial charge in [0.2, 0.25) is 0 Å². The van der Waals surface area contributed by atoms with E-state index in [2.05, 4.69) is 39.7 Å². The van der Waals surface area contributed by atoms with Crippen LogP contribution in [0.25, 0.3) is 5.65 Å². The Morgan fingerprint density at radius 2 is 2.00 bits per heavy atom. The second-order valence-corrected chi connectivity index (χ2v) is 6.72. The average molecular weight is 354 g/mol. The summed E-state index contributed by atoms with van der Waals surface area (Å²) in [4.78, 5) is 4.24. The molecule has 2 N–H and O–H groups in total. The van der Waals surface area contributed by atoms with E-state index in [1.165, 1.54) is 6.07 Å². The first-order valence-corrected chi connectivity index (χ1v) is 8.49. The molecule has 0 unspecified atom stereocenters. The average Bonchev–Trinajstić information content (AvgIpc) is 3.05. The zero-order valence-electron chi connectivity index (χ0n) is 15.2. The number of halogens is 1. The molecule has 3 aromatic rings. The summed E-state index contributed by atoms with van der Waals surface area (Å²) in [5.74, 6) is 1.23. The van der Waals surface area contributed by atoms with Crippen LogP contribution >= 0.6 is 0 Å². The minimum Gasteiger partial charge on any atom is -0.356 e. The first kappa shape index (κ1) is 17.8. The van der Waals surface area contributed by atoms with E-state index in [0.717, 1.165) is 17.0 Å². The number of pyridine rings is 1. The van der Waals surface area contributed by atoms with Crippen molar-refractivity contribution in [1.29, 1.82) is 0 Å². The van der Waals surface area contributed by atoms with Gasteiger partial charge < -0.3 is 10.6 Å². The van der Waals surface area contributed by atoms with Gasteiger partial charge in [0.1, 0.15) is 5.82 Å². The van der Waals surface area contributed by atoms with E-state index in [1.807, 2.05) is 34.9 Å². The molecule has 0 atom stereocenters. The van der Waals surface area contributed by atoms with E-state index in [9.17, 15) is 4.39 Å². The fraction of sp³-hybridized carbons (Fsp3) is 0.316. The third kappa shape index (κ3) is 3.99. The summed E-state index contributed by atoms with van der Waals surface area (Å²) < 4.78 is 15.4. The molecule has 0 radical (unpaired) electrons. The molecule has 6 nitrogen and oxygen atoms in total. The molecule has 0 aliphatic rings. The van der Waals surface area contributed by atoms with Gasteiger partial charge in [-0.3, -0.25) is 9.39 Å². The van der Waals surface area contributed by atoms with Crippen LogP contribution in [0.1, 0.15) is 25.2 Å². The maximum absolute atomic E-state index is 13.5. The Hall–Kier alpha value is -2.96. The molecule has 136 valence electrons. The predicted octanol–water partition coefficient (Wildman–Crippen LogP) is 2.51. The molecule has 2 aromatic heterocycles. The van der Waals surface area contributed by atoms with Gasteiger partial charge in [-0.2, -0.15) is 0 Å². The van der Waals surface area contributed by atoms with E-state index < -0.39 is 0 Å². The van der Waals surface area contributed by atoms with E-state index in [1.54, 1.807) is 19.2 Å². The molecule has 0 aliphatic heterocycles. The molecule has 0 fully saturated rings. The maximum Gasteiger partial charge on any atom is 0.191 e. The highest BCUT2D eigenvalue weighted by Crippen LogP contribution is 2.22. The van der Waals surface area contributed by atoms with Crippen LogP contribution in [0.3, 0.4) is 0 Å². The van der Waals surface area contributed by atoms with Gasteiger partial charge in [0.15, 0.2) is 17.4 Å². The minimum absolute atomic E-state index is 0.225. The first-order chi connectivity index (χ1) is 12.5. The maximum atomic E-state index is 13.5. The molecular weight excluding hydrogens is 331 g/mol. The summed E-state index contributed by atoms with van der Waals surface area (Å²) in [6.45, 7) is 5.23. The van der Waals surface area contributed by atoms with Crippen molar-refractivity contribution in [2.24, 2.45) is 4.99 Å². The quantitative estimate of drug-likeness (QED) is 0.546. The molecule has 0 bridgehead atoms. The Morgan fingerprint density at radius 1 is 1.15 bits per heavy atom. The van der Waals surface area contributed by atoms with Crippen molar-refractivity contribution in [3.05, 3.63) is 65.9 Å². The second-order valence-electron chi connectivity index (χ2n) is 6.72. The van der Waals surface area contributed by atoms with E-state index in [4.69, 9.17) is 0 Å². The molecule has 2 heterocycles. The third-order valence-corrected chi connectivity index (χ3v) is 4.33. The van der Waals surface area contributed by atoms with Gasteiger partial charge in [0.05, 0.1) is 6.54 Å². The molecule has 1 aromatic carbocycles. The van der Waals surface area contributed by atoms with Crippen LogP contribution in [0.4, 0.5) is 4.39 Å². The number of guanidine groups is 1. The molecule has 0 saturated heterocycles. The van der Waals surface area contributed by atoms with Crippen LogP contribution < -0.4 is 10.6 Å². The molecule has 0 aliphatic carbocycles. The number of aliphatic imine (C=N–C) groups is 1. The summed E-state index contributed by atoms with van der Waals surface area (Å²) in [6.07, 6.45) is 1.93. The zero-order valence-corrected chi connectivity index (χ0v) is 15.2. The second kappa shape index (κ2) is 7.51. The predicted molar refractivity (Wildman–Crippen MR) is 101 cm³/mol. The van der Waals surface area contributed by atoms with Gasteiger partial charge in [-0.1, -0.05) is 32.0 Å². The van der Waals surface area contributed by atoms with Crippen LogP contribution in [-0.4, -0.2) is 34.2 Å². The first-order valence-electron chi connectivity index (χ1n) is 8.49. The lowest BCUT2D eigenvalue weighted by atomic mass is 9.84. The Bertz CT molecular complexity index is 915. The molecule has 0 amide bonds. The topological polar surface area (TPSA) is 66.6 Å². The van der Waals surface area contributed by atoms with Gasteiger partial charge in [0.25, 0.3) is 0 Å². The summed E-state index contributed by atoms with van der Waals surface area (Å²) in [7, 11) is 1.71. The SMILES string of the molecule is CN=C(NCc1nnc2ccccn12)NCC(C)(C)c1cccc(F)c1. The fourth-order valence-corrected chi connectivity index (χ4v) is 2.71. The van der Waals surface area contributed by atoms with Crippen LogP contribution in [0.15, 0.2) is 53.7 Å². The van der Waals surface area contributed by atoms with Crippen molar-refractivity contribution in [3.63, 3.8) is 0 Å². The van der Waals surface area contributed by atoms with Crippen LogP contribution in [0.2, 0.25) is 0 Å². The van der Waals surface area contributed by atoms with Crippen LogP contribution in [0, 0.1) is 5.82 Å². The summed E-state index contributed by atoms with van der Waals surface area (Å²) in [5, 5.41) is 14.9. The van der Waals surface area contributed by atoms with E-state index in [0.29, 0.717) is 19.0 Å². The molecule has 26 heavy (non-hydrogen) atoms. The van der Waals surface area contributed by atoms with E-state index >= 15 is 0 Å². The number of aromatic nitrogens is 3. The third-order valence-electron chi connectivity index (χ3n) is 4.33. The Balaban J connectivity index is 1.61. The standard InChI is InChI=1S/C19H23FN6/c1-19(2,14-7-6-8-15(20)11-14)13-23-18(21-3)22-12-17-25-24-16-9-4-5-10-26(16)17/h4-11H,12-13H2,1-3H3,(H2,21,22,23). The van der Waals surface area contributed by atoms with Gasteiger partial charge in [-0.05, 0) is 29.8 Å². The van der Waals surface area contributed by atoms with Crippen molar-refractivity contribution >= 4 is 11.6 Å². The number of fused-ring (bicyclic) bond motifs is 1. The highest BCUT2D eigenvalue weighted by Gasteiger charge is 2.21. The van der Waals surface area contributed by atoms with Gasteiger partial charge in [-0.15, -0.1) is 10.2 Å². The highest BCUT2D eigenvalue weighted by molar-refractivity contribution is 5.79. The van der Waals surface area contributed by atoms with Crippen molar-refractivity contribution in [2.75, 3.05) is 13.6 Å². The molecule has 7 heteroatoms. The van der Waals surface area contributed by atoms with Crippen molar-refractivity contribution in [3.8, 4) is 0 Å². The fourth-order valence-electron chi connectivity index (χ4n) is 2.71. The van der Waals surface area contributed by atoms with Gasteiger partial charge >= 0.3 is 0 Å². The summed E-state index contributed by atoms with van der Waals surface area (Å²) in [5.41, 5.74) is 1.49. The molecular formula is C19H23FN6. The Morgan fingerprint density at radius 3 is 2.77 bits per heavy atom. The van der Waals surface area contributed by atoms with E-state index in [-0.39, 0.29) is 11.2 Å². The van der Waals surface area contributed by atoms with Crippen LogP contribution in [-0.2, 0) is 12.0 Å². The smallest absolute Gasteiger partial charge is 0.191 e. The minimum atomic E-state index is -0.249. The lowest BCUT2D eigenvalue weighted by Crippen LogP contribution is -2.43. The number of nitrogens with zero attached hydrogens (tertiary/aromatic N) is 4. The molecule has 3 rings (SSSR count).